The van der Waals surface area contributed by atoms with Crippen LogP contribution in [0.5, 0.6) is 0 Å². The Balaban J connectivity index is 3.18. The summed E-state index contributed by atoms with van der Waals surface area (Å²) in [4.78, 5) is 10.1. The lowest BCUT2D eigenvalue weighted by Gasteiger charge is -2.17. The number of nitrogens with one attached hydrogen (secondary N) is 1. The van der Waals surface area contributed by atoms with E-state index in [1.165, 1.54) is 18.2 Å². The molecule has 1 rings (SSSR count). The van der Waals surface area contributed by atoms with Crippen LogP contribution in [-0.2, 0) is 9.84 Å². The molecular weight excluding hydrogens is 282 g/mol. The minimum atomic E-state index is -3.67. The van der Waals surface area contributed by atoms with Crippen molar-refractivity contribution < 1.29 is 13.3 Å². The first kappa shape index (κ1) is 16.4. The van der Waals surface area contributed by atoms with E-state index in [1.54, 1.807) is 0 Å². The van der Waals surface area contributed by atoms with Gasteiger partial charge in [0.15, 0.2) is 9.84 Å². The molecule has 0 saturated carbocycles. The molecule has 1 atom stereocenters. The molecule has 0 fully saturated rings. The molecule has 0 aromatic heterocycles. The van der Waals surface area contributed by atoms with E-state index >= 15 is 0 Å². The third kappa shape index (κ3) is 3.91. The van der Waals surface area contributed by atoms with Crippen LogP contribution in [0.15, 0.2) is 23.1 Å². The van der Waals surface area contributed by atoms with Gasteiger partial charge in [-0.2, -0.15) is 0 Å². The van der Waals surface area contributed by atoms with Crippen LogP contribution in [0.25, 0.3) is 0 Å². The molecule has 0 amide bonds. The molecule has 0 aliphatic rings. The van der Waals surface area contributed by atoms with Crippen molar-refractivity contribution in [2.75, 3.05) is 18.1 Å². The fourth-order valence-electron chi connectivity index (χ4n) is 1.62. The van der Waals surface area contributed by atoms with Crippen molar-refractivity contribution in [3.05, 3.63) is 28.3 Å². The summed E-state index contributed by atoms with van der Waals surface area (Å²) in [5.41, 5.74) is 5.59. The molecule has 20 heavy (non-hydrogen) atoms. The van der Waals surface area contributed by atoms with Gasteiger partial charge in [-0.05, 0) is 18.1 Å². The van der Waals surface area contributed by atoms with Gasteiger partial charge in [-0.25, -0.2) is 8.42 Å². The molecule has 3 N–H and O–H groups in total. The highest BCUT2D eigenvalue weighted by Gasteiger charge is 2.26. The minimum absolute atomic E-state index is 0.161. The molecular formula is C12H19N3O4S. The number of nitrogens with two attached hydrogens (primary N) is 1. The average molecular weight is 301 g/mol. The van der Waals surface area contributed by atoms with E-state index in [4.69, 9.17) is 5.73 Å². The second kappa shape index (κ2) is 6.19. The molecule has 0 spiro atoms. The van der Waals surface area contributed by atoms with Gasteiger partial charge in [0, 0.05) is 18.8 Å². The van der Waals surface area contributed by atoms with Crippen molar-refractivity contribution in [1.82, 2.24) is 0 Å². The number of nitro benzene ring substituents is 1. The van der Waals surface area contributed by atoms with Gasteiger partial charge in [0.25, 0.3) is 0 Å². The zero-order valence-corrected chi connectivity index (χ0v) is 12.5. The quantitative estimate of drug-likeness (QED) is 0.606. The summed E-state index contributed by atoms with van der Waals surface area (Å²) in [6, 6.07) is 3.98. The van der Waals surface area contributed by atoms with Crippen molar-refractivity contribution in [2.45, 2.75) is 24.8 Å². The summed E-state index contributed by atoms with van der Waals surface area (Å²) in [5.74, 6) is 0.208. The van der Waals surface area contributed by atoms with Crippen molar-refractivity contribution in [3.8, 4) is 0 Å². The lowest BCUT2D eigenvalue weighted by atomic mass is 10.1. The molecule has 0 aliphatic heterocycles. The Morgan fingerprint density at radius 2 is 2.00 bits per heavy atom. The summed E-state index contributed by atoms with van der Waals surface area (Å²) < 4.78 is 23.2. The van der Waals surface area contributed by atoms with Crippen LogP contribution in [0, 0.1) is 16.0 Å². The molecule has 0 aliphatic carbocycles. The summed E-state index contributed by atoms with van der Waals surface area (Å²) in [7, 11) is -3.67. The van der Waals surface area contributed by atoms with E-state index in [0.717, 1.165) is 6.26 Å². The topological polar surface area (TPSA) is 115 Å². The van der Waals surface area contributed by atoms with Crippen LogP contribution in [0.2, 0.25) is 0 Å². The smallest absolute Gasteiger partial charge is 0.310 e. The minimum Gasteiger partial charge on any atom is -0.378 e. The monoisotopic (exact) mass is 301 g/mol. The zero-order valence-electron chi connectivity index (χ0n) is 11.7. The first-order valence-electron chi connectivity index (χ1n) is 6.11. The Bertz CT molecular complexity index is 599. The summed E-state index contributed by atoms with van der Waals surface area (Å²) in [6.07, 6.45) is 0.943. The Morgan fingerprint density at radius 3 is 2.45 bits per heavy atom. The highest BCUT2D eigenvalue weighted by Crippen LogP contribution is 2.31. The van der Waals surface area contributed by atoms with E-state index in [9.17, 15) is 18.5 Å². The van der Waals surface area contributed by atoms with Gasteiger partial charge in [-0.1, -0.05) is 19.9 Å². The number of hydrogen-bond acceptors (Lipinski definition) is 6. The van der Waals surface area contributed by atoms with Gasteiger partial charge in [0.2, 0.25) is 0 Å². The lowest BCUT2D eigenvalue weighted by molar-refractivity contribution is -0.386. The molecule has 1 unspecified atom stereocenters. The number of rotatable bonds is 6. The Hall–Kier alpha value is -1.67. The first-order valence-corrected chi connectivity index (χ1v) is 8.00. The second-order valence-electron chi connectivity index (χ2n) is 4.97. The van der Waals surface area contributed by atoms with Gasteiger partial charge in [-0.3, -0.25) is 10.1 Å². The van der Waals surface area contributed by atoms with E-state index in [2.05, 4.69) is 5.32 Å². The van der Waals surface area contributed by atoms with Gasteiger partial charge < -0.3 is 11.1 Å². The Kier molecular flexibility index (Phi) is 5.07. The predicted molar refractivity (Wildman–Crippen MR) is 77.5 cm³/mol. The van der Waals surface area contributed by atoms with Crippen molar-refractivity contribution in [2.24, 2.45) is 11.7 Å². The molecule has 1 aromatic carbocycles. The molecule has 7 nitrogen and oxygen atoms in total. The van der Waals surface area contributed by atoms with E-state index in [-0.39, 0.29) is 22.5 Å². The highest BCUT2D eigenvalue weighted by molar-refractivity contribution is 7.90. The predicted octanol–water partition coefficient (Wildman–Crippen LogP) is 1.39. The third-order valence-electron chi connectivity index (χ3n) is 2.97. The molecule has 8 heteroatoms. The maximum atomic E-state index is 11.6. The number of anilines is 1. The summed E-state index contributed by atoms with van der Waals surface area (Å²) in [5, 5.41) is 14.0. The highest BCUT2D eigenvalue weighted by atomic mass is 32.2. The summed E-state index contributed by atoms with van der Waals surface area (Å²) >= 11 is 0. The number of para-hydroxylation sites is 1. The van der Waals surface area contributed by atoms with Gasteiger partial charge in [0.1, 0.15) is 10.6 Å². The standard InChI is InChI=1S/C12H19N3O4S/c1-8(2)9(13)7-14-10-5-4-6-11(20(3,18)19)12(10)15(16)17/h4-6,8-9,14H,7,13H2,1-3H3. The van der Waals surface area contributed by atoms with E-state index in [0.29, 0.717) is 6.54 Å². The molecule has 0 saturated heterocycles. The van der Waals surface area contributed by atoms with Crippen molar-refractivity contribution in [1.29, 1.82) is 0 Å². The number of nitro groups is 1. The van der Waals surface area contributed by atoms with Crippen molar-refractivity contribution >= 4 is 21.2 Å². The normalized spacial score (nSPS) is 13.2. The number of hydrogen-bond donors (Lipinski definition) is 2. The fraction of sp³-hybridized carbons (Fsp3) is 0.500. The van der Waals surface area contributed by atoms with Crippen LogP contribution in [0.3, 0.4) is 0 Å². The molecule has 0 bridgehead atoms. The Labute approximate surface area is 118 Å². The summed E-state index contributed by atoms with van der Waals surface area (Å²) in [6.45, 7) is 4.20. The Morgan fingerprint density at radius 1 is 1.40 bits per heavy atom. The van der Waals surface area contributed by atoms with E-state index < -0.39 is 20.4 Å². The largest absolute Gasteiger partial charge is 0.378 e. The van der Waals surface area contributed by atoms with Crippen LogP contribution >= 0.6 is 0 Å². The maximum absolute atomic E-state index is 11.6. The number of benzene rings is 1. The van der Waals surface area contributed by atoms with Gasteiger partial charge >= 0.3 is 5.69 Å². The third-order valence-corrected chi connectivity index (χ3v) is 4.09. The van der Waals surface area contributed by atoms with Crippen molar-refractivity contribution in [3.63, 3.8) is 0 Å². The van der Waals surface area contributed by atoms with Crippen LogP contribution in [0.1, 0.15) is 13.8 Å². The lowest BCUT2D eigenvalue weighted by Crippen LogP contribution is -2.34. The fourth-order valence-corrected chi connectivity index (χ4v) is 2.48. The van der Waals surface area contributed by atoms with Crippen LogP contribution < -0.4 is 11.1 Å². The zero-order chi connectivity index (χ0) is 15.5. The van der Waals surface area contributed by atoms with Crippen LogP contribution in [0.4, 0.5) is 11.4 Å². The second-order valence-corrected chi connectivity index (χ2v) is 6.95. The van der Waals surface area contributed by atoms with Gasteiger partial charge in [-0.15, -0.1) is 0 Å². The van der Waals surface area contributed by atoms with Gasteiger partial charge in [0.05, 0.1) is 4.92 Å². The molecule has 0 radical (unpaired) electrons. The average Bonchev–Trinajstić information content (AvgIpc) is 2.33. The maximum Gasteiger partial charge on any atom is 0.310 e. The van der Waals surface area contributed by atoms with E-state index in [1.807, 2.05) is 13.8 Å². The number of sulfone groups is 1. The molecule has 112 valence electrons. The van der Waals surface area contributed by atoms with Crippen LogP contribution in [-0.4, -0.2) is 32.2 Å². The SMILES string of the molecule is CC(C)C(N)CNc1cccc(S(C)(=O)=O)c1[N+](=O)[O-]. The molecule has 1 aromatic rings. The number of nitrogens with zero attached hydrogens (tertiary/aromatic N) is 1. The molecule has 0 heterocycles. The first-order chi connectivity index (χ1) is 9.14.